The molecule has 0 heterocycles. The zero-order valence-corrected chi connectivity index (χ0v) is 7.84. The molecular weight excluding hydrogens is 150 g/mol. The third-order valence-electron chi connectivity index (χ3n) is 2.31. The molecule has 2 nitrogen and oxygen atoms in total. The molecule has 0 aromatic rings. The van der Waals surface area contributed by atoms with Crippen LogP contribution in [0.25, 0.3) is 0 Å². The van der Waals surface area contributed by atoms with Crippen molar-refractivity contribution in [2.24, 2.45) is 17.6 Å². The van der Waals surface area contributed by atoms with Crippen molar-refractivity contribution in [3.63, 3.8) is 0 Å². The average Bonchev–Trinajstić information content (AvgIpc) is 1.81. The van der Waals surface area contributed by atoms with Gasteiger partial charge < -0.3 is 5.73 Å². The van der Waals surface area contributed by atoms with E-state index in [4.69, 9.17) is 5.73 Å². The number of amides is 1. The Morgan fingerprint density at radius 3 is 2.83 bits per heavy atom. The fourth-order valence-corrected chi connectivity index (χ4v) is 2.06. The van der Waals surface area contributed by atoms with E-state index in [9.17, 15) is 4.79 Å². The third kappa shape index (κ3) is 2.68. The Bertz CT molecular complexity index is 208. The number of nitrogens with two attached hydrogens (primary N) is 1. The van der Waals surface area contributed by atoms with Crippen LogP contribution in [0, 0.1) is 11.8 Å². The van der Waals surface area contributed by atoms with E-state index in [2.05, 4.69) is 19.9 Å². The summed E-state index contributed by atoms with van der Waals surface area (Å²) >= 11 is 0. The Labute approximate surface area is 73.8 Å². The van der Waals surface area contributed by atoms with Crippen LogP contribution in [0.5, 0.6) is 0 Å². The van der Waals surface area contributed by atoms with Crippen molar-refractivity contribution < 1.29 is 4.79 Å². The molecule has 68 valence electrons. The summed E-state index contributed by atoms with van der Waals surface area (Å²) in [6.07, 6.45) is 4.94. The van der Waals surface area contributed by atoms with Crippen LogP contribution in [0.3, 0.4) is 0 Å². The van der Waals surface area contributed by atoms with Gasteiger partial charge in [-0.2, -0.15) is 0 Å². The van der Waals surface area contributed by atoms with Gasteiger partial charge in [0, 0.05) is 6.42 Å². The lowest BCUT2D eigenvalue weighted by Crippen LogP contribution is -2.16. The molecule has 2 heteroatoms. The smallest absolute Gasteiger partial charge is 0.221 e. The van der Waals surface area contributed by atoms with Crippen LogP contribution in [0.4, 0.5) is 0 Å². The Kier molecular flexibility index (Phi) is 2.90. The van der Waals surface area contributed by atoms with Gasteiger partial charge in [-0.1, -0.05) is 25.5 Å². The van der Waals surface area contributed by atoms with Crippen molar-refractivity contribution >= 4 is 5.91 Å². The number of carbonyl (C=O) groups excluding carboxylic acids is 1. The summed E-state index contributed by atoms with van der Waals surface area (Å²) in [6.45, 7) is 4.42. The molecule has 1 aliphatic rings. The number of carbonyl (C=O) groups is 1. The van der Waals surface area contributed by atoms with Gasteiger partial charge in [0.25, 0.3) is 0 Å². The molecule has 0 saturated heterocycles. The minimum atomic E-state index is -0.206. The molecule has 0 spiro atoms. The predicted octanol–water partition coefficient (Wildman–Crippen LogP) is 1.85. The van der Waals surface area contributed by atoms with Gasteiger partial charge in [-0.05, 0) is 24.7 Å². The summed E-state index contributed by atoms with van der Waals surface area (Å²) in [6, 6.07) is 0. The van der Waals surface area contributed by atoms with Gasteiger partial charge in [0.1, 0.15) is 0 Å². The van der Waals surface area contributed by atoms with Crippen molar-refractivity contribution in [1.82, 2.24) is 0 Å². The van der Waals surface area contributed by atoms with Gasteiger partial charge in [-0.15, -0.1) is 0 Å². The summed E-state index contributed by atoms with van der Waals surface area (Å²) in [4.78, 5) is 10.7. The second-order valence-electron chi connectivity index (χ2n) is 3.99. The van der Waals surface area contributed by atoms with E-state index in [0.717, 1.165) is 6.42 Å². The van der Waals surface area contributed by atoms with Crippen molar-refractivity contribution in [3.8, 4) is 0 Å². The van der Waals surface area contributed by atoms with E-state index in [-0.39, 0.29) is 5.91 Å². The molecule has 0 bridgehead atoms. The molecule has 1 rings (SSSR count). The fourth-order valence-electron chi connectivity index (χ4n) is 2.06. The first kappa shape index (κ1) is 9.30. The van der Waals surface area contributed by atoms with Gasteiger partial charge in [0.15, 0.2) is 0 Å². The molecule has 2 unspecified atom stereocenters. The Hall–Kier alpha value is -0.790. The van der Waals surface area contributed by atoms with E-state index in [0.29, 0.717) is 18.3 Å². The number of primary amides is 1. The van der Waals surface area contributed by atoms with E-state index < -0.39 is 0 Å². The van der Waals surface area contributed by atoms with Gasteiger partial charge in [0.05, 0.1) is 0 Å². The average molecular weight is 167 g/mol. The van der Waals surface area contributed by atoms with Crippen LogP contribution < -0.4 is 5.73 Å². The van der Waals surface area contributed by atoms with Crippen LogP contribution in [-0.2, 0) is 4.79 Å². The Morgan fingerprint density at radius 1 is 1.67 bits per heavy atom. The third-order valence-corrected chi connectivity index (χ3v) is 2.31. The van der Waals surface area contributed by atoms with Crippen LogP contribution >= 0.6 is 0 Å². The van der Waals surface area contributed by atoms with Crippen molar-refractivity contribution in [1.29, 1.82) is 0 Å². The van der Waals surface area contributed by atoms with Crippen LogP contribution in [0.1, 0.15) is 33.1 Å². The molecular formula is C10H17NO. The lowest BCUT2D eigenvalue weighted by molar-refractivity contribution is -0.117. The summed E-state index contributed by atoms with van der Waals surface area (Å²) in [5.74, 6) is 1.12. The van der Waals surface area contributed by atoms with Crippen LogP contribution in [0.15, 0.2) is 11.6 Å². The zero-order chi connectivity index (χ0) is 9.14. The highest BCUT2D eigenvalue weighted by Gasteiger charge is 2.16. The maximum Gasteiger partial charge on any atom is 0.221 e. The molecule has 0 fully saturated rings. The lowest BCUT2D eigenvalue weighted by atomic mass is 9.83. The first-order valence-electron chi connectivity index (χ1n) is 4.55. The standard InChI is InChI=1S/C10H17NO/c1-7-3-8(2)5-9(4-7)6-10(11)12/h4,7-8H,3,5-6H2,1-2H3,(H2,11,12). The number of allylic oxidation sites excluding steroid dienone is 1. The van der Waals surface area contributed by atoms with Gasteiger partial charge in [-0.25, -0.2) is 0 Å². The molecule has 0 radical (unpaired) electrons. The molecule has 0 aromatic heterocycles. The second kappa shape index (κ2) is 3.74. The highest BCUT2D eigenvalue weighted by molar-refractivity contribution is 5.76. The zero-order valence-electron chi connectivity index (χ0n) is 7.84. The number of hydrogen-bond acceptors (Lipinski definition) is 1. The van der Waals surface area contributed by atoms with E-state index >= 15 is 0 Å². The molecule has 2 N–H and O–H groups in total. The van der Waals surface area contributed by atoms with Crippen molar-refractivity contribution in [2.45, 2.75) is 33.1 Å². The molecule has 0 aliphatic heterocycles. The van der Waals surface area contributed by atoms with E-state index in [1.807, 2.05) is 0 Å². The molecule has 1 aliphatic carbocycles. The first-order valence-corrected chi connectivity index (χ1v) is 4.55. The highest BCUT2D eigenvalue weighted by atomic mass is 16.1. The predicted molar refractivity (Wildman–Crippen MR) is 49.5 cm³/mol. The monoisotopic (exact) mass is 167 g/mol. The van der Waals surface area contributed by atoms with E-state index in [1.165, 1.54) is 12.0 Å². The minimum Gasteiger partial charge on any atom is -0.369 e. The molecule has 2 atom stereocenters. The molecule has 12 heavy (non-hydrogen) atoms. The summed E-state index contributed by atoms with van der Waals surface area (Å²) < 4.78 is 0. The lowest BCUT2D eigenvalue weighted by Gasteiger charge is -2.23. The van der Waals surface area contributed by atoms with Crippen molar-refractivity contribution in [2.75, 3.05) is 0 Å². The fraction of sp³-hybridized carbons (Fsp3) is 0.700. The van der Waals surface area contributed by atoms with Crippen LogP contribution in [0.2, 0.25) is 0 Å². The Balaban J connectivity index is 2.57. The van der Waals surface area contributed by atoms with Gasteiger partial charge >= 0.3 is 0 Å². The number of rotatable bonds is 2. The summed E-state index contributed by atoms with van der Waals surface area (Å²) in [5.41, 5.74) is 6.36. The summed E-state index contributed by atoms with van der Waals surface area (Å²) in [5, 5.41) is 0. The van der Waals surface area contributed by atoms with E-state index in [1.54, 1.807) is 0 Å². The first-order chi connectivity index (χ1) is 5.58. The summed E-state index contributed by atoms with van der Waals surface area (Å²) in [7, 11) is 0. The van der Waals surface area contributed by atoms with Gasteiger partial charge in [0.2, 0.25) is 5.91 Å². The largest absolute Gasteiger partial charge is 0.369 e. The maximum absolute atomic E-state index is 10.7. The van der Waals surface area contributed by atoms with Gasteiger partial charge in [-0.3, -0.25) is 4.79 Å². The maximum atomic E-state index is 10.7. The van der Waals surface area contributed by atoms with Crippen molar-refractivity contribution in [3.05, 3.63) is 11.6 Å². The quantitative estimate of drug-likeness (QED) is 0.627. The molecule has 0 aromatic carbocycles. The molecule has 0 saturated carbocycles. The normalized spacial score (nSPS) is 29.7. The second-order valence-corrected chi connectivity index (χ2v) is 3.99. The number of hydrogen-bond donors (Lipinski definition) is 1. The SMILES string of the molecule is CC1C=C(CC(N)=O)CC(C)C1. The minimum absolute atomic E-state index is 0.206. The topological polar surface area (TPSA) is 43.1 Å². The highest BCUT2D eigenvalue weighted by Crippen LogP contribution is 2.28. The molecule has 1 amide bonds. The van der Waals surface area contributed by atoms with Crippen LogP contribution in [-0.4, -0.2) is 5.91 Å². The Morgan fingerprint density at radius 2 is 2.33 bits per heavy atom.